The van der Waals surface area contributed by atoms with Crippen LogP contribution in [-0.4, -0.2) is 36.8 Å². The Hall–Kier alpha value is -1.44. The van der Waals surface area contributed by atoms with Gasteiger partial charge < -0.3 is 15.6 Å². The molecule has 1 saturated heterocycles. The number of nitrogens with zero attached hydrogens (tertiary/aromatic N) is 4. The van der Waals surface area contributed by atoms with E-state index < -0.39 is 6.10 Å². The number of halogens is 1. The summed E-state index contributed by atoms with van der Waals surface area (Å²) in [5, 5.41) is 9.78. The van der Waals surface area contributed by atoms with Crippen LogP contribution in [0.2, 0.25) is 5.15 Å². The second-order valence-electron chi connectivity index (χ2n) is 4.64. The number of aromatic nitrogens is 4. The van der Waals surface area contributed by atoms with E-state index in [9.17, 15) is 5.11 Å². The molecule has 0 spiro atoms. The van der Waals surface area contributed by atoms with Crippen LogP contribution in [0.3, 0.4) is 0 Å². The molecular weight excluding hydrogens is 270 g/mol. The van der Waals surface area contributed by atoms with Crippen molar-refractivity contribution in [2.75, 3.05) is 5.73 Å². The molecule has 1 fully saturated rings. The topological polar surface area (TPSA) is 99.1 Å². The number of nitrogens with two attached hydrogens (primary N) is 1. The molecule has 19 heavy (non-hydrogen) atoms. The molecule has 3 rings (SSSR count). The fraction of sp³-hybridized carbons (Fsp3) is 0.545. The molecule has 0 radical (unpaired) electrons. The minimum atomic E-state index is -0.497. The number of anilines is 1. The zero-order valence-electron chi connectivity index (χ0n) is 10.3. The van der Waals surface area contributed by atoms with Gasteiger partial charge in [-0.2, -0.15) is 9.97 Å². The second kappa shape index (κ2) is 4.59. The Morgan fingerprint density at radius 2 is 2.32 bits per heavy atom. The summed E-state index contributed by atoms with van der Waals surface area (Å²) in [5.41, 5.74) is 6.65. The van der Waals surface area contributed by atoms with Crippen molar-refractivity contribution in [2.24, 2.45) is 0 Å². The van der Waals surface area contributed by atoms with Crippen molar-refractivity contribution in [2.45, 2.75) is 38.2 Å². The van der Waals surface area contributed by atoms with Crippen LogP contribution in [0.15, 0.2) is 6.33 Å². The third-order valence-corrected chi connectivity index (χ3v) is 3.54. The van der Waals surface area contributed by atoms with Gasteiger partial charge in [-0.05, 0) is 19.8 Å². The lowest BCUT2D eigenvalue weighted by molar-refractivity contribution is -0.0515. The first-order valence-electron chi connectivity index (χ1n) is 6.05. The summed E-state index contributed by atoms with van der Waals surface area (Å²) < 4.78 is 7.56. The van der Waals surface area contributed by atoms with Crippen molar-refractivity contribution in [3.63, 3.8) is 0 Å². The van der Waals surface area contributed by atoms with Gasteiger partial charge in [0.15, 0.2) is 10.8 Å². The average Bonchev–Trinajstić information content (AvgIpc) is 2.93. The van der Waals surface area contributed by atoms with Gasteiger partial charge in [-0.3, -0.25) is 4.57 Å². The number of nitrogen functional groups attached to an aromatic ring is 1. The standard InChI is InChI=1S/C11H14ClN5O2/c1-5(18)6-2-3-7(19-6)17-4-14-8-9(12)15-11(13)16-10(8)17/h4-7,18H,2-3H2,1H3,(H2,13,15,16)/t5?,6?,7-/m1/s1. The highest BCUT2D eigenvalue weighted by Gasteiger charge is 2.31. The third-order valence-electron chi connectivity index (χ3n) is 3.27. The maximum absolute atomic E-state index is 9.55. The maximum Gasteiger partial charge on any atom is 0.223 e. The first-order valence-corrected chi connectivity index (χ1v) is 6.43. The summed E-state index contributed by atoms with van der Waals surface area (Å²) in [6.45, 7) is 1.72. The van der Waals surface area contributed by atoms with Crippen molar-refractivity contribution >= 4 is 28.7 Å². The Morgan fingerprint density at radius 3 is 3.00 bits per heavy atom. The lowest BCUT2D eigenvalue weighted by atomic mass is 10.1. The Kier molecular flexibility index (Phi) is 3.04. The Balaban J connectivity index is 1.98. The van der Waals surface area contributed by atoms with Crippen LogP contribution in [0.5, 0.6) is 0 Å². The Bertz CT molecular complexity index is 614. The van der Waals surface area contributed by atoms with E-state index in [2.05, 4.69) is 15.0 Å². The number of hydrogen-bond donors (Lipinski definition) is 2. The van der Waals surface area contributed by atoms with Crippen molar-refractivity contribution in [1.29, 1.82) is 0 Å². The van der Waals surface area contributed by atoms with Gasteiger partial charge in [0.05, 0.1) is 18.5 Å². The summed E-state index contributed by atoms with van der Waals surface area (Å²) >= 11 is 5.97. The molecule has 3 heterocycles. The van der Waals surface area contributed by atoms with Crippen molar-refractivity contribution < 1.29 is 9.84 Å². The molecule has 0 saturated carbocycles. The minimum absolute atomic E-state index is 0.101. The fourth-order valence-corrected chi connectivity index (χ4v) is 2.53. The molecule has 102 valence electrons. The Labute approximate surface area is 114 Å². The summed E-state index contributed by atoms with van der Waals surface area (Å²) in [6, 6.07) is 0. The highest BCUT2D eigenvalue weighted by atomic mass is 35.5. The molecule has 7 nitrogen and oxygen atoms in total. The first kappa shape index (κ1) is 12.6. The molecular formula is C11H14ClN5O2. The zero-order chi connectivity index (χ0) is 13.6. The van der Waals surface area contributed by atoms with E-state index >= 15 is 0 Å². The van der Waals surface area contributed by atoms with E-state index in [0.717, 1.165) is 12.8 Å². The number of imidazole rings is 1. The highest BCUT2D eigenvalue weighted by Crippen LogP contribution is 2.32. The number of ether oxygens (including phenoxy) is 1. The predicted molar refractivity (Wildman–Crippen MR) is 69.6 cm³/mol. The maximum atomic E-state index is 9.55. The summed E-state index contributed by atoms with van der Waals surface area (Å²) in [4.78, 5) is 12.2. The summed E-state index contributed by atoms with van der Waals surface area (Å²) in [6.07, 6.45) is 2.30. The van der Waals surface area contributed by atoms with Gasteiger partial charge in [-0.15, -0.1) is 0 Å². The van der Waals surface area contributed by atoms with Gasteiger partial charge in [0.2, 0.25) is 5.95 Å². The second-order valence-corrected chi connectivity index (χ2v) is 5.00. The molecule has 3 N–H and O–H groups in total. The van der Waals surface area contributed by atoms with Gasteiger partial charge in [0, 0.05) is 0 Å². The highest BCUT2D eigenvalue weighted by molar-refractivity contribution is 6.33. The van der Waals surface area contributed by atoms with Crippen LogP contribution in [-0.2, 0) is 4.74 Å². The molecule has 0 amide bonds. The lowest BCUT2D eigenvalue weighted by Crippen LogP contribution is -2.22. The predicted octanol–water partition coefficient (Wildman–Crippen LogP) is 1.12. The molecule has 2 unspecified atom stereocenters. The molecule has 2 aromatic heterocycles. The van der Waals surface area contributed by atoms with Crippen molar-refractivity contribution in [3.05, 3.63) is 11.5 Å². The van der Waals surface area contributed by atoms with Gasteiger partial charge in [0.25, 0.3) is 0 Å². The SMILES string of the molecule is CC(O)C1CC[C@H](n2cnc3c(Cl)nc(N)nc32)O1. The van der Waals surface area contributed by atoms with E-state index in [0.29, 0.717) is 11.2 Å². The monoisotopic (exact) mass is 283 g/mol. The van der Waals surface area contributed by atoms with Gasteiger partial charge >= 0.3 is 0 Å². The van der Waals surface area contributed by atoms with Gasteiger partial charge in [-0.25, -0.2) is 4.98 Å². The number of rotatable bonds is 2. The van der Waals surface area contributed by atoms with E-state index in [1.54, 1.807) is 17.8 Å². The smallest absolute Gasteiger partial charge is 0.223 e. The molecule has 3 atom stereocenters. The number of aliphatic hydroxyl groups excluding tert-OH is 1. The largest absolute Gasteiger partial charge is 0.391 e. The van der Waals surface area contributed by atoms with Crippen molar-refractivity contribution in [1.82, 2.24) is 19.5 Å². The lowest BCUT2D eigenvalue weighted by Gasteiger charge is -2.16. The third kappa shape index (κ3) is 2.13. The average molecular weight is 284 g/mol. The van der Waals surface area contributed by atoms with Crippen LogP contribution in [0.25, 0.3) is 11.2 Å². The molecule has 0 bridgehead atoms. The molecule has 8 heteroatoms. The van der Waals surface area contributed by atoms with Gasteiger partial charge in [-0.1, -0.05) is 11.6 Å². The van der Waals surface area contributed by atoms with Crippen LogP contribution in [0.4, 0.5) is 5.95 Å². The summed E-state index contributed by atoms with van der Waals surface area (Å²) in [7, 11) is 0. The van der Waals surface area contributed by atoms with Crippen LogP contribution in [0.1, 0.15) is 26.0 Å². The van der Waals surface area contributed by atoms with E-state index in [1.807, 2.05) is 0 Å². The quantitative estimate of drug-likeness (QED) is 0.801. The number of hydrogen-bond acceptors (Lipinski definition) is 6. The van der Waals surface area contributed by atoms with Crippen LogP contribution >= 0.6 is 11.6 Å². The first-order chi connectivity index (χ1) is 9.06. The molecule has 1 aliphatic rings. The van der Waals surface area contributed by atoms with Crippen LogP contribution < -0.4 is 5.73 Å². The zero-order valence-corrected chi connectivity index (χ0v) is 11.1. The number of fused-ring (bicyclic) bond motifs is 1. The normalized spacial score (nSPS) is 25.0. The molecule has 1 aliphatic heterocycles. The van der Waals surface area contributed by atoms with E-state index in [-0.39, 0.29) is 23.4 Å². The number of aliphatic hydroxyl groups is 1. The molecule has 0 aromatic carbocycles. The fourth-order valence-electron chi connectivity index (χ4n) is 2.31. The molecule has 0 aliphatic carbocycles. The minimum Gasteiger partial charge on any atom is -0.391 e. The van der Waals surface area contributed by atoms with E-state index in [4.69, 9.17) is 22.1 Å². The van der Waals surface area contributed by atoms with Crippen LogP contribution in [0, 0.1) is 0 Å². The summed E-state index contributed by atoms with van der Waals surface area (Å²) in [5.74, 6) is 0.101. The van der Waals surface area contributed by atoms with E-state index in [1.165, 1.54) is 0 Å². The van der Waals surface area contributed by atoms with Gasteiger partial charge in [0.1, 0.15) is 11.7 Å². The molecule has 2 aromatic rings. The Morgan fingerprint density at radius 1 is 1.53 bits per heavy atom. The van der Waals surface area contributed by atoms with Crippen molar-refractivity contribution in [3.8, 4) is 0 Å².